The summed E-state index contributed by atoms with van der Waals surface area (Å²) in [5.41, 5.74) is 9.40. The maximum atomic E-state index is 12.6. The van der Waals surface area contributed by atoms with E-state index in [4.69, 9.17) is 5.73 Å². The van der Waals surface area contributed by atoms with Crippen LogP contribution in [-0.2, 0) is 17.8 Å². The average Bonchev–Trinajstić information content (AvgIpc) is 2.68. The van der Waals surface area contributed by atoms with E-state index >= 15 is 0 Å². The van der Waals surface area contributed by atoms with Gasteiger partial charge in [0.15, 0.2) is 0 Å². The van der Waals surface area contributed by atoms with Crippen molar-refractivity contribution in [2.75, 3.05) is 13.1 Å². The molecular formula is C20H25BN2O3. The normalized spacial score (nSPS) is 15.1. The molecule has 1 saturated heterocycles. The lowest BCUT2D eigenvalue weighted by Gasteiger charge is -2.32. The van der Waals surface area contributed by atoms with E-state index in [-0.39, 0.29) is 12.3 Å². The Kier molecular flexibility index (Phi) is 6.09. The number of likely N-dealkylation sites (tertiary alicyclic amines) is 1. The van der Waals surface area contributed by atoms with E-state index in [0.29, 0.717) is 17.9 Å². The first-order valence-electron chi connectivity index (χ1n) is 9.08. The van der Waals surface area contributed by atoms with Gasteiger partial charge >= 0.3 is 7.12 Å². The maximum Gasteiger partial charge on any atom is 0.488 e. The molecule has 0 radical (unpaired) electrons. The van der Waals surface area contributed by atoms with E-state index in [1.807, 2.05) is 17.0 Å². The lowest BCUT2D eigenvalue weighted by Crippen LogP contribution is -2.39. The number of carbonyl (C=O) groups is 1. The highest BCUT2D eigenvalue weighted by atomic mass is 16.4. The molecule has 2 aromatic carbocycles. The topological polar surface area (TPSA) is 86.8 Å². The van der Waals surface area contributed by atoms with Crippen LogP contribution in [0.3, 0.4) is 0 Å². The Bertz CT molecular complexity index is 758. The van der Waals surface area contributed by atoms with Crippen LogP contribution in [0, 0.1) is 0 Å². The number of carbonyl (C=O) groups excluding carboxylic acids is 1. The second-order valence-corrected chi connectivity index (χ2v) is 6.90. The summed E-state index contributed by atoms with van der Waals surface area (Å²) < 4.78 is 0. The minimum Gasteiger partial charge on any atom is -0.423 e. The second kappa shape index (κ2) is 8.49. The predicted octanol–water partition coefficient (Wildman–Crippen LogP) is 0.774. The third-order valence-corrected chi connectivity index (χ3v) is 5.11. The second-order valence-electron chi connectivity index (χ2n) is 6.90. The van der Waals surface area contributed by atoms with Gasteiger partial charge in [0.25, 0.3) is 0 Å². The highest BCUT2D eigenvalue weighted by molar-refractivity contribution is 6.58. The fourth-order valence-corrected chi connectivity index (χ4v) is 3.59. The molecule has 1 aliphatic rings. The van der Waals surface area contributed by atoms with E-state index in [1.165, 1.54) is 5.56 Å². The SMILES string of the molecule is NCc1cccc(C2CCN(C(=O)Cc3cccc(B(O)O)c3)CC2)c1. The summed E-state index contributed by atoms with van der Waals surface area (Å²) in [7, 11) is -1.51. The first-order valence-corrected chi connectivity index (χ1v) is 9.08. The molecule has 0 aliphatic carbocycles. The van der Waals surface area contributed by atoms with Crippen LogP contribution in [0.25, 0.3) is 0 Å². The van der Waals surface area contributed by atoms with Crippen LogP contribution in [0.5, 0.6) is 0 Å². The van der Waals surface area contributed by atoms with Gasteiger partial charge in [-0.05, 0) is 40.9 Å². The number of piperidine rings is 1. The van der Waals surface area contributed by atoms with Crippen molar-refractivity contribution in [1.29, 1.82) is 0 Å². The molecule has 26 heavy (non-hydrogen) atoms. The monoisotopic (exact) mass is 352 g/mol. The number of amides is 1. The minimum atomic E-state index is -1.51. The summed E-state index contributed by atoms with van der Waals surface area (Å²) in [5, 5.41) is 18.5. The zero-order chi connectivity index (χ0) is 18.5. The van der Waals surface area contributed by atoms with Gasteiger partial charge in [-0.2, -0.15) is 0 Å². The first-order chi connectivity index (χ1) is 12.6. The van der Waals surface area contributed by atoms with Crippen LogP contribution in [-0.4, -0.2) is 41.1 Å². The van der Waals surface area contributed by atoms with Gasteiger partial charge in [-0.1, -0.05) is 48.5 Å². The summed E-state index contributed by atoms with van der Waals surface area (Å²) in [6.07, 6.45) is 2.19. The van der Waals surface area contributed by atoms with Gasteiger partial charge in [0, 0.05) is 19.6 Å². The van der Waals surface area contributed by atoms with Gasteiger partial charge in [0.1, 0.15) is 0 Å². The molecule has 136 valence electrons. The van der Waals surface area contributed by atoms with E-state index in [0.717, 1.165) is 37.1 Å². The number of nitrogens with two attached hydrogens (primary N) is 1. The van der Waals surface area contributed by atoms with Crippen molar-refractivity contribution in [2.45, 2.75) is 31.7 Å². The minimum absolute atomic E-state index is 0.0868. The fourth-order valence-electron chi connectivity index (χ4n) is 3.59. The van der Waals surface area contributed by atoms with Crippen LogP contribution in [0.2, 0.25) is 0 Å². The molecule has 0 unspecified atom stereocenters. The Morgan fingerprint density at radius 3 is 2.46 bits per heavy atom. The van der Waals surface area contributed by atoms with Crippen molar-refractivity contribution in [3.63, 3.8) is 0 Å². The van der Waals surface area contributed by atoms with Crippen LogP contribution < -0.4 is 11.2 Å². The molecule has 1 heterocycles. The van der Waals surface area contributed by atoms with Gasteiger partial charge in [-0.3, -0.25) is 4.79 Å². The number of hydrogen-bond donors (Lipinski definition) is 3. The summed E-state index contributed by atoms with van der Waals surface area (Å²) in [6, 6.07) is 15.3. The molecule has 0 atom stereocenters. The van der Waals surface area contributed by atoms with Gasteiger partial charge in [-0.15, -0.1) is 0 Å². The van der Waals surface area contributed by atoms with Gasteiger partial charge < -0.3 is 20.7 Å². The number of hydrogen-bond acceptors (Lipinski definition) is 4. The zero-order valence-electron chi connectivity index (χ0n) is 14.8. The highest BCUT2D eigenvalue weighted by Crippen LogP contribution is 2.28. The Morgan fingerprint density at radius 2 is 1.77 bits per heavy atom. The summed E-state index contributed by atoms with van der Waals surface area (Å²) in [6.45, 7) is 2.05. The third kappa shape index (κ3) is 4.52. The smallest absolute Gasteiger partial charge is 0.423 e. The van der Waals surface area contributed by atoms with Crippen molar-refractivity contribution in [2.24, 2.45) is 5.73 Å². The van der Waals surface area contributed by atoms with Gasteiger partial charge in [0.05, 0.1) is 6.42 Å². The van der Waals surface area contributed by atoms with Crippen LogP contribution in [0.15, 0.2) is 48.5 Å². The Hall–Kier alpha value is -2.15. The van der Waals surface area contributed by atoms with Crippen molar-refractivity contribution in [1.82, 2.24) is 4.90 Å². The molecule has 6 heteroatoms. The van der Waals surface area contributed by atoms with Gasteiger partial charge in [0.2, 0.25) is 5.91 Å². The third-order valence-electron chi connectivity index (χ3n) is 5.11. The molecule has 0 bridgehead atoms. The first kappa shape index (κ1) is 18.6. The van der Waals surface area contributed by atoms with Crippen molar-refractivity contribution in [3.05, 3.63) is 65.2 Å². The molecule has 1 amide bonds. The molecule has 1 fully saturated rings. The van der Waals surface area contributed by atoms with Crippen molar-refractivity contribution < 1.29 is 14.8 Å². The molecular weight excluding hydrogens is 327 g/mol. The van der Waals surface area contributed by atoms with E-state index in [1.54, 1.807) is 18.2 Å². The summed E-state index contributed by atoms with van der Waals surface area (Å²) in [5.74, 6) is 0.558. The van der Waals surface area contributed by atoms with Crippen molar-refractivity contribution >= 4 is 18.5 Å². The lowest BCUT2D eigenvalue weighted by atomic mass is 9.79. The van der Waals surface area contributed by atoms with Crippen molar-refractivity contribution in [3.8, 4) is 0 Å². The maximum absolute atomic E-state index is 12.6. The van der Waals surface area contributed by atoms with Crippen LogP contribution >= 0.6 is 0 Å². The Morgan fingerprint density at radius 1 is 1.08 bits per heavy atom. The van der Waals surface area contributed by atoms with E-state index in [9.17, 15) is 14.8 Å². The van der Waals surface area contributed by atoms with Crippen LogP contribution in [0.1, 0.15) is 35.4 Å². The summed E-state index contributed by atoms with van der Waals surface area (Å²) in [4.78, 5) is 14.5. The lowest BCUT2D eigenvalue weighted by molar-refractivity contribution is -0.131. The molecule has 0 saturated carbocycles. The van der Waals surface area contributed by atoms with E-state index in [2.05, 4.69) is 18.2 Å². The average molecular weight is 352 g/mol. The van der Waals surface area contributed by atoms with Gasteiger partial charge in [-0.25, -0.2) is 0 Å². The molecule has 1 aliphatic heterocycles. The predicted molar refractivity (Wildman–Crippen MR) is 103 cm³/mol. The Labute approximate surface area is 154 Å². The van der Waals surface area contributed by atoms with Crippen LogP contribution in [0.4, 0.5) is 0 Å². The quantitative estimate of drug-likeness (QED) is 0.694. The number of nitrogens with zero attached hydrogens (tertiary/aromatic N) is 1. The Balaban J connectivity index is 1.57. The fraction of sp³-hybridized carbons (Fsp3) is 0.350. The largest absolute Gasteiger partial charge is 0.488 e. The highest BCUT2D eigenvalue weighted by Gasteiger charge is 2.24. The molecule has 4 N–H and O–H groups in total. The number of rotatable bonds is 5. The van der Waals surface area contributed by atoms with E-state index < -0.39 is 7.12 Å². The molecule has 5 nitrogen and oxygen atoms in total. The zero-order valence-corrected chi connectivity index (χ0v) is 14.8. The molecule has 0 spiro atoms. The molecule has 2 aromatic rings. The standard InChI is InChI=1S/C20H25BN2O3/c22-14-16-4-1-5-18(11-16)17-7-9-23(10-8-17)20(24)13-15-3-2-6-19(12-15)21(25)26/h1-6,11-12,17,25-26H,7-10,13-14,22H2. The molecule has 0 aromatic heterocycles. The number of benzene rings is 2. The summed E-state index contributed by atoms with van der Waals surface area (Å²) >= 11 is 0. The molecule has 3 rings (SSSR count).